The van der Waals surface area contributed by atoms with Crippen LogP contribution in [0.2, 0.25) is 5.02 Å². The molecule has 112 valence electrons. The van der Waals surface area contributed by atoms with Crippen molar-refractivity contribution in [2.24, 2.45) is 0 Å². The lowest BCUT2D eigenvalue weighted by molar-refractivity contribution is 0.406. The zero-order valence-electron chi connectivity index (χ0n) is 12.2. The Bertz CT molecular complexity index is 655. The summed E-state index contributed by atoms with van der Waals surface area (Å²) in [5, 5.41) is 0.444. The van der Waals surface area contributed by atoms with E-state index in [9.17, 15) is 0 Å². The van der Waals surface area contributed by atoms with Gasteiger partial charge in [0.15, 0.2) is 0 Å². The summed E-state index contributed by atoms with van der Waals surface area (Å²) in [4.78, 5) is 0. The molecule has 2 aromatic rings. The Morgan fingerprint density at radius 3 is 2.57 bits per heavy atom. The van der Waals surface area contributed by atoms with Gasteiger partial charge in [-0.25, -0.2) is 0 Å². The molecule has 0 saturated carbocycles. The third kappa shape index (κ3) is 3.94. The summed E-state index contributed by atoms with van der Waals surface area (Å²) in [6, 6.07) is 10.1. The first-order chi connectivity index (χ1) is 9.92. The van der Waals surface area contributed by atoms with Crippen molar-refractivity contribution in [3.8, 4) is 5.75 Å². The first kappa shape index (κ1) is 16.7. The molecule has 2 aromatic carbocycles. The topological polar surface area (TPSA) is 9.23 Å². The van der Waals surface area contributed by atoms with Crippen LogP contribution in [0.1, 0.15) is 27.6 Å². The number of halogens is 3. The van der Waals surface area contributed by atoms with Crippen molar-refractivity contribution in [2.75, 3.05) is 7.11 Å². The molecule has 0 N–H and O–H groups in total. The number of methoxy groups -OCH3 is 1. The summed E-state index contributed by atoms with van der Waals surface area (Å²) in [6.45, 7) is 4.19. The molecule has 4 heteroatoms. The number of ether oxygens (including phenoxy) is 1. The Labute approximate surface area is 144 Å². The van der Waals surface area contributed by atoms with Gasteiger partial charge >= 0.3 is 0 Å². The summed E-state index contributed by atoms with van der Waals surface area (Å²) in [5.41, 5.74) is 4.62. The minimum atomic E-state index is -0.199. The monoisotopic (exact) mass is 386 g/mol. The van der Waals surface area contributed by atoms with E-state index in [0.717, 1.165) is 22.2 Å². The highest BCUT2D eigenvalue weighted by Crippen LogP contribution is 2.40. The number of aryl methyl sites for hydroxylation is 2. The molecule has 1 unspecified atom stereocenters. The second-order valence-electron chi connectivity index (χ2n) is 5.11. The minimum absolute atomic E-state index is 0.199. The molecule has 0 heterocycles. The van der Waals surface area contributed by atoms with Crippen molar-refractivity contribution >= 4 is 39.1 Å². The maximum absolute atomic E-state index is 6.63. The molecule has 0 aliphatic carbocycles. The first-order valence-corrected chi connectivity index (χ1v) is 8.26. The fourth-order valence-corrected chi connectivity index (χ4v) is 3.68. The van der Waals surface area contributed by atoms with Gasteiger partial charge in [-0.1, -0.05) is 35.4 Å². The van der Waals surface area contributed by atoms with Crippen LogP contribution >= 0.6 is 39.1 Å². The molecule has 0 bridgehead atoms. The molecular weight excluding hydrogens is 371 g/mol. The number of benzene rings is 2. The van der Waals surface area contributed by atoms with Crippen LogP contribution in [0.25, 0.3) is 0 Å². The fourth-order valence-electron chi connectivity index (χ4n) is 2.35. The van der Waals surface area contributed by atoms with E-state index in [1.54, 1.807) is 7.11 Å². The van der Waals surface area contributed by atoms with E-state index >= 15 is 0 Å². The Balaban J connectivity index is 2.36. The summed E-state index contributed by atoms with van der Waals surface area (Å²) in [5.74, 6) is 0.740. The average molecular weight is 388 g/mol. The van der Waals surface area contributed by atoms with Crippen molar-refractivity contribution in [1.29, 1.82) is 0 Å². The SMILES string of the molecule is COc1c(Br)cc(Cl)cc1C(Cl)Cc1cc(C)ccc1C. The smallest absolute Gasteiger partial charge is 0.137 e. The van der Waals surface area contributed by atoms with Crippen molar-refractivity contribution in [2.45, 2.75) is 25.6 Å². The molecule has 2 rings (SSSR count). The van der Waals surface area contributed by atoms with Gasteiger partial charge in [-0.3, -0.25) is 0 Å². The maximum atomic E-state index is 6.63. The van der Waals surface area contributed by atoms with Gasteiger partial charge in [0.25, 0.3) is 0 Å². The standard InChI is InChI=1S/C17H17BrCl2O/c1-10-4-5-11(2)12(6-10)7-16(20)14-8-13(19)9-15(18)17(14)21-3/h4-6,8-9,16H,7H2,1-3H3. The third-order valence-electron chi connectivity index (χ3n) is 3.48. The Morgan fingerprint density at radius 1 is 1.19 bits per heavy atom. The highest BCUT2D eigenvalue weighted by Gasteiger charge is 2.18. The molecule has 0 aromatic heterocycles. The van der Waals surface area contributed by atoms with Crippen LogP contribution in [0.15, 0.2) is 34.8 Å². The number of rotatable bonds is 4. The van der Waals surface area contributed by atoms with E-state index < -0.39 is 0 Å². The summed E-state index contributed by atoms with van der Waals surface area (Å²) < 4.78 is 6.27. The zero-order valence-corrected chi connectivity index (χ0v) is 15.3. The van der Waals surface area contributed by atoms with Crippen LogP contribution in [0.4, 0.5) is 0 Å². The van der Waals surface area contributed by atoms with Gasteiger partial charge in [-0.2, -0.15) is 0 Å². The molecule has 0 amide bonds. The van der Waals surface area contributed by atoms with Gasteiger partial charge in [0, 0.05) is 10.6 Å². The Morgan fingerprint density at radius 2 is 1.90 bits per heavy atom. The summed E-state index contributed by atoms with van der Waals surface area (Å²) in [6.07, 6.45) is 0.734. The van der Waals surface area contributed by atoms with Gasteiger partial charge < -0.3 is 4.74 Å². The normalized spacial score (nSPS) is 12.3. The molecule has 0 aliphatic heterocycles. The first-order valence-electron chi connectivity index (χ1n) is 6.65. The third-order valence-corrected chi connectivity index (χ3v) is 4.68. The summed E-state index contributed by atoms with van der Waals surface area (Å²) in [7, 11) is 1.64. The van der Waals surface area contributed by atoms with E-state index in [2.05, 4.69) is 48.0 Å². The van der Waals surface area contributed by atoms with Crippen molar-refractivity contribution in [3.05, 3.63) is 62.1 Å². The van der Waals surface area contributed by atoms with Crippen LogP contribution in [-0.2, 0) is 6.42 Å². The summed E-state index contributed by atoms with van der Waals surface area (Å²) >= 11 is 16.2. The van der Waals surface area contributed by atoms with E-state index in [1.807, 2.05) is 12.1 Å². The highest BCUT2D eigenvalue weighted by molar-refractivity contribution is 9.10. The average Bonchev–Trinajstić information content (AvgIpc) is 2.42. The molecular formula is C17H17BrCl2O. The van der Waals surface area contributed by atoms with E-state index in [-0.39, 0.29) is 5.38 Å². The molecule has 0 saturated heterocycles. The van der Waals surface area contributed by atoms with E-state index in [0.29, 0.717) is 5.02 Å². The second-order valence-corrected chi connectivity index (χ2v) is 6.93. The molecule has 21 heavy (non-hydrogen) atoms. The van der Waals surface area contributed by atoms with Crippen LogP contribution < -0.4 is 4.74 Å². The molecule has 0 radical (unpaired) electrons. The van der Waals surface area contributed by atoms with E-state index in [4.69, 9.17) is 27.9 Å². The van der Waals surface area contributed by atoms with E-state index in [1.165, 1.54) is 16.7 Å². The molecule has 1 nitrogen and oxygen atoms in total. The predicted octanol–water partition coefficient (Wildman–Crippen LogP) is 6.25. The lowest BCUT2D eigenvalue weighted by atomic mass is 9.98. The maximum Gasteiger partial charge on any atom is 0.137 e. The Kier molecular flexibility index (Phi) is 5.59. The van der Waals surface area contributed by atoms with Gasteiger partial charge in [-0.15, -0.1) is 11.6 Å². The number of alkyl halides is 1. The molecule has 0 fully saturated rings. The van der Waals surface area contributed by atoms with Crippen molar-refractivity contribution < 1.29 is 4.74 Å². The van der Waals surface area contributed by atoms with Gasteiger partial charge in [0.05, 0.1) is 17.0 Å². The lowest BCUT2D eigenvalue weighted by Gasteiger charge is -2.17. The van der Waals surface area contributed by atoms with Crippen LogP contribution in [0.3, 0.4) is 0 Å². The Hall–Kier alpha value is -0.700. The lowest BCUT2D eigenvalue weighted by Crippen LogP contribution is -2.02. The fraction of sp³-hybridized carbons (Fsp3) is 0.294. The molecule has 1 atom stereocenters. The van der Waals surface area contributed by atoms with Gasteiger partial charge in [0.1, 0.15) is 5.75 Å². The van der Waals surface area contributed by atoms with Crippen molar-refractivity contribution in [3.63, 3.8) is 0 Å². The van der Waals surface area contributed by atoms with Gasteiger partial charge in [-0.05, 0) is 59.5 Å². The predicted molar refractivity (Wildman–Crippen MR) is 93.9 cm³/mol. The minimum Gasteiger partial charge on any atom is -0.495 e. The zero-order chi connectivity index (χ0) is 15.6. The largest absolute Gasteiger partial charge is 0.495 e. The second kappa shape index (κ2) is 7.04. The van der Waals surface area contributed by atoms with Crippen LogP contribution in [0.5, 0.6) is 5.75 Å². The number of hydrogen-bond donors (Lipinski definition) is 0. The molecule has 0 aliphatic rings. The van der Waals surface area contributed by atoms with Crippen LogP contribution in [0, 0.1) is 13.8 Å². The van der Waals surface area contributed by atoms with Crippen molar-refractivity contribution in [1.82, 2.24) is 0 Å². The molecule has 0 spiro atoms. The number of hydrogen-bond acceptors (Lipinski definition) is 1. The highest BCUT2D eigenvalue weighted by atomic mass is 79.9. The van der Waals surface area contributed by atoms with Crippen LogP contribution in [-0.4, -0.2) is 7.11 Å². The quantitative estimate of drug-likeness (QED) is 0.563. The van der Waals surface area contributed by atoms with Gasteiger partial charge in [0.2, 0.25) is 0 Å².